The van der Waals surface area contributed by atoms with Crippen molar-refractivity contribution in [2.75, 3.05) is 19.7 Å². The Kier molecular flexibility index (Phi) is 6.45. The van der Waals surface area contributed by atoms with Crippen molar-refractivity contribution < 1.29 is 23.5 Å². The van der Waals surface area contributed by atoms with Crippen LogP contribution in [0.2, 0.25) is 0 Å². The monoisotopic (exact) mass is 339 g/mol. The van der Waals surface area contributed by atoms with Crippen molar-refractivity contribution in [3.05, 3.63) is 17.8 Å². The van der Waals surface area contributed by atoms with Crippen molar-refractivity contribution in [2.45, 2.75) is 45.6 Å². The van der Waals surface area contributed by atoms with Crippen LogP contribution in [0.4, 0.5) is 4.39 Å². The van der Waals surface area contributed by atoms with Gasteiger partial charge in [-0.15, -0.1) is 0 Å². The number of esters is 1. The molecule has 0 bridgehead atoms. The molecule has 1 fully saturated rings. The lowest BCUT2D eigenvalue weighted by molar-refractivity contribution is -0.145. The summed E-state index contributed by atoms with van der Waals surface area (Å²) in [7, 11) is 0. The van der Waals surface area contributed by atoms with Crippen molar-refractivity contribution in [1.82, 2.24) is 14.9 Å². The number of carbonyl (C=O) groups is 2. The summed E-state index contributed by atoms with van der Waals surface area (Å²) < 4.78 is 24.5. The van der Waals surface area contributed by atoms with Crippen LogP contribution in [0.1, 0.15) is 38.8 Å². The van der Waals surface area contributed by atoms with Gasteiger partial charge in [-0.05, 0) is 13.3 Å². The second-order valence-electron chi connectivity index (χ2n) is 5.47. The van der Waals surface area contributed by atoms with Gasteiger partial charge in [-0.1, -0.05) is 6.92 Å². The highest BCUT2D eigenvalue weighted by Gasteiger charge is 2.29. The fourth-order valence-electron chi connectivity index (χ4n) is 2.53. The van der Waals surface area contributed by atoms with Gasteiger partial charge >= 0.3 is 5.97 Å². The quantitative estimate of drug-likeness (QED) is 0.700. The fourth-order valence-corrected chi connectivity index (χ4v) is 2.53. The average Bonchev–Trinajstić information content (AvgIpc) is 3.03. The molecule has 0 saturated carbocycles. The second-order valence-corrected chi connectivity index (χ2v) is 5.47. The summed E-state index contributed by atoms with van der Waals surface area (Å²) in [6.45, 7) is 4.69. The van der Waals surface area contributed by atoms with Crippen LogP contribution in [0.15, 0.2) is 6.33 Å². The third-order valence-electron chi connectivity index (χ3n) is 3.79. The first-order valence-corrected chi connectivity index (χ1v) is 8.14. The van der Waals surface area contributed by atoms with E-state index in [0.29, 0.717) is 38.2 Å². The third-order valence-corrected chi connectivity index (χ3v) is 3.79. The van der Waals surface area contributed by atoms with Gasteiger partial charge in [0.1, 0.15) is 12.4 Å². The zero-order valence-electron chi connectivity index (χ0n) is 14.0. The highest BCUT2D eigenvalue weighted by Crippen LogP contribution is 2.21. The molecule has 0 radical (unpaired) electrons. The van der Waals surface area contributed by atoms with Crippen molar-refractivity contribution >= 4 is 11.9 Å². The Labute approximate surface area is 140 Å². The topological polar surface area (TPSA) is 81.6 Å². The molecule has 7 nitrogen and oxygen atoms in total. The molecule has 0 aromatic carbocycles. The number of likely N-dealkylation sites (tertiary alicyclic amines) is 1. The second kappa shape index (κ2) is 8.56. The molecule has 8 heteroatoms. The molecule has 0 N–H and O–H groups in total. The number of halogens is 1. The van der Waals surface area contributed by atoms with E-state index in [1.165, 1.54) is 6.33 Å². The highest BCUT2D eigenvalue weighted by atomic mass is 19.1. The lowest BCUT2D eigenvalue weighted by atomic mass is 10.3. The Bertz CT molecular complexity index is 597. The van der Waals surface area contributed by atoms with E-state index in [1.54, 1.807) is 18.7 Å². The number of rotatable bonds is 7. The first kappa shape index (κ1) is 18.1. The summed E-state index contributed by atoms with van der Waals surface area (Å²) in [6.07, 6.45) is 2.17. The Balaban J connectivity index is 1.85. The molecule has 1 saturated heterocycles. The summed E-state index contributed by atoms with van der Waals surface area (Å²) in [6, 6.07) is 0. The van der Waals surface area contributed by atoms with Gasteiger partial charge in [0.2, 0.25) is 11.7 Å². The molecular weight excluding hydrogens is 317 g/mol. The lowest BCUT2D eigenvalue weighted by Crippen LogP contribution is -2.31. The lowest BCUT2D eigenvalue weighted by Gasteiger charge is -2.17. The van der Waals surface area contributed by atoms with Crippen LogP contribution in [0.5, 0.6) is 5.88 Å². The molecule has 1 aromatic rings. The Morgan fingerprint density at radius 2 is 2.12 bits per heavy atom. The van der Waals surface area contributed by atoms with E-state index >= 15 is 0 Å². The van der Waals surface area contributed by atoms with E-state index in [-0.39, 0.29) is 36.7 Å². The SMILES string of the molecule is CCOC(=O)CCC(=O)N1CC[C@@H](Oc2ncnc(CC)c2F)C1. The standard InChI is InChI=1S/C16H22FN3O4/c1-3-12-15(17)16(19-10-18-12)24-11-7-8-20(9-11)13(21)5-6-14(22)23-4-2/h10-11H,3-9H2,1-2H3/t11-/m1/s1. The Hall–Kier alpha value is -2.25. The van der Waals surface area contributed by atoms with Crippen LogP contribution in [0.3, 0.4) is 0 Å². The minimum Gasteiger partial charge on any atom is -0.470 e. The van der Waals surface area contributed by atoms with Gasteiger partial charge in [0.25, 0.3) is 5.88 Å². The molecule has 2 rings (SSSR count). The molecular formula is C16H22FN3O4. The van der Waals surface area contributed by atoms with Crippen molar-refractivity contribution in [3.8, 4) is 5.88 Å². The number of amides is 1. The number of hydrogen-bond acceptors (Lipinski definition) is 6. The largest absolute Gasteiger partial charge is 0.470 e. The maximum atomic E-state index is 14.1. The van der Waals surface area contributed by atoms with Gasteiger partial charge < -0.3 is 14.4 Å². The molecule has 0 unspecified atom stereocenters. The van der Waals surface area contributed by atoms with Gasteiger partial charge in [0.05, 0.1) is 25.3 Å². The maximum Gasteiger partial charge on any atom is 0.306 e. The van der Waals surface area contributed by atoms with Gasteiger partial charge in [0, 0.05) is 19.4 Å². The summed E-state index contributed by atoms with van der Waals surface area (Å²) in [5, 5.41) is 0. The fraction of sp³-hybridized carbons (Fsp3) is 0.625. The van der Waals surface area contributed by atoms with Gasteiger partial charge in [-0.25, -0.2) is 4.98 Å². The van der Waals surface area contributed by atoms with Crippen LogP contribution in [-0.4, -0.2) is 52.5 Å². The third kappa shape index (κ3) is 4.62. The van der Waals surface area contributed by atoms with Gasteiger partial charge in [-0.3, -0.25) is 9.59 Å². The minimum atomic E-state index is -0.549. The normalized spacial score (nSPS) is 17.0. The number of hydrogen-bond donors (Lipinski definition) is 0. The predicted molar refractivity (Wildman–Crippen MR) is 82.8 cm³/mol. The summed E-state index contributed by atoms with van der Waals surface area (Å²) in [5.74, 6) is -1.14. The first-order valence-electron chi connectivity index (χ1n) is 8.14. The number of aryl methyl sites for hydroxylation is 1. The van der Waals surface area contributed by atoms with Crippen LogP contribution in [-0.2, 0) is 20.7 Å². The molecule has 132 valence electrons. The van der Waals surface area contributed by atoms with Gasteiger partial charge in [0.15, 0.2) is 0 Å². The summed E-state index contributed by atoms with van der Waals surface area (Å²) >= 11 is 0. The Morgan fingerprint density at radius 3 is 2.83 bits per heavy atom. The molecule has 1 aromatic heterocycles. The summed E-state index contributed by atoms with van der Waals surface area (Å²) in [5.41, 5.74) is 0.306. The molecule has 2 heterocycles. The van der Waals surface area contributed by atoms with Crippen molar-refractivity contribution in [1.29, 1.82) is 0 Å². The van der Waals surface area contributed by atoms with Crippen LogP contribution < -0.4 is 4.74 Å². The number of aromatic nitrogens is 2. The number of ether oxygens (including phenoxy) is 2. The molecule has 1 aliphatic heterocycles. The smallest absolute Gasteiger partial charge is 0.306 e. The van der Waals surface area contributed by atoms with E-state index in [1.807, 2.05) is 0 Å². The highest BCUT2D eigenvalue weighted by molar-refractivity contribution is 5.81. The molecule has 0 aliphatic carbocycles. The van der Waals surface area contributed by atoms with E-state index in [0.717, 1.165) is 0 Å². The molecule has 1 amide bonds. The van der Waals surface area contributed by atoms with E-state index in [9.17, 15) is 14.0 Å². The van der Waals surface area contributed by atoms with E-state index in [4.69, 9.17) is 9.47 Å². The van der Waals surface area contributed by atoms with Gasteiger partial charge in [-0.2, -0.15) is 9.37 Å². The molecule has 0 spiro atoms. The van der Waals surface area contributed by atoms with Crippen LogP contribution in [0.25, 0.3) is 0 Å². The zero-order valence-corrected chi connectivity index (χ0v) is 14.0. The van der Waals surface area contributed by atoms with E-state index < -0.39 is 5.82 Å². The average molecular weight is 339 g/mol. The molecule has 1 aliphatic rings. The van der Waals surface area contributed by atoms with E-state index in [2.05, 4.69) is 9.97 Å². The number of carbonyl (C=O) groups excluding carboxylic acids is 2. The summed E-state index contributed by atoms with van der Waals surface area (Å²) in [4.78, 5) is 32.7. The Morgan fingerprint density at radius 1 is 1.33 bits per heavy atom. The molecule has 24 heavy (non-hydrogen) atoms. The number of nitrogens with zero attached hydrogens (tertiary/aromatic N) is 3. The van der Waals surface area contributed by atoms with Crippen molar-refractivity contribution in [3.63, 3.8) is 0 Å². The maximum absolute atomic E-state index is 14.1. The van der Waals surface area contributed by atoms with Crippen molar-refractivity contribution in [2.24, 2.45) is 0 Å². The minimum absolute atomic E-state index is 0.0646. The predicted octanol–water partition coefficient (Wildman–Crippen LogP) is 1.50. The van der Waals surface area contributed by atoms with Crippen LogP contribution in [0, 0.1) is 5.82 Å². The first-order chi connectivity index (χ1) is 11.5. The molecule has 1 atom stereocenters. The van der Waals surface area contributed by atoms with Crippen LogP contribution >= 0.6 is 0 Å². The zero-order chi connectivity index (χ0) is 17.5.